The maximum atomic E-state index is 13.4. The highest BCUT2D eigenvalue weighted by molar-refractivity contribution is 5.64. The van der Waals surface area contributed by atoms with Gasteiger partial charge in [-0.3, -0.25) is 0 Å². The van der Waals surface area contributed by atoms with Crippen molar-refractivity contribution in [1.82, 2.24) is 4.57 Å². The zero-order valence-corrected chi connectivity index (χ0v) is 10.7. The van der Waals surface area contributed by atoms with Crippen LogP contribution < -0.4 is 0 Å². The van der Waals surface area contributed by atoms with Gasteiger partial charge in [-0.2, -0.15) is 0 Å². The minimum Gasteiger partial charge on any atom is -0.314 e. The van der Waals surface area contributed by atoms with E-state index >= 15 is 0 Å². The second-order valence-corrected chi connectivity index (χ2v) is 4.54. The van der Waals surface area contributed by atoms with E-state index in [0.717, 1.165) is 22.6 Å². The largest absolute Gasteiger partial charge is 0.314 e. The first-order valence-electron chi connectivity index (χ1n) is 6.25. The molecule has 0 N–H and O–H groups in total. The molecule has 0 saturated carbocycles. The average molecular weight is 251 g/mol. The Labute approximate surface area is 111 Å². The zero-order valence-electron chi connectivity index (χ0n) is 10.7. The van der Waals surface area contributed by atoms with E-state index in [1.807, 2.05) is 37.3 Å². The van der Waals surface area contributed by atoms with Gasteiger partial charge >= 0.3 is 0 Å². The van der Waals surface area contributed by atoms with Crippen LogP contribution in [0.1, 0.15) is 5.69 Å². The van der Waals surface area contributed by atoms with E-state index in [9.17, 15) is 4.39 Å². The minimum absolute atomic E-state index is 0.218. The lowest BCUT2D eigenvalue weighted by Crippen LogP contribution is -1.99. The molecule has 3 aromatic rings. The molecule has 0 atom stereocenters. The monoisotopic (exact) mass is 251 g/mol. The van der Waals surface area contributed by atoms with Gasteiger partial charge in [0.25, 0.3) is 0 Å². The summed E-state index contributed by atoms with van der Waals surface area (Å²) in [5, 5.41) is 0. The van der Waals surface area contributed by atoms with E-state index in [-0.39, 0.29) is 5.82 Å². The third-order valence-electron chi connectivity index (χ3n) is 3.21. The molecule has 1 heterocycles. The first kappa shape index (κ1) is 11.7. The van der Waals surface area contributed by atoms with E-state index in [1.54, 1.807) is 12.1 Å². The molecular weight excluding hydrogens is 237 g/mol. The van der Waals surface area contributed by atoms with Gasteiger partial charge in [0.05, 0.1) is 5.69 Å². The van der Waals surface area contributed by atoms with Crippen LogP contribution in [0.25, 0.3) is 16.9 Å². The van der Waals surface area contributed by atoms with Crippen LogP contribution in [0.5, 0.6) is 0 Å². The highest BCUT2D eigenvalue weighted by Crippen LogP contribution is 2.26. The van der Waals surface area contributed by atoms with Gasteiger partial charge in [-0.1, -0.05) is 36.4 Å². The molecule has 0 aliphatic heterocycles. The molecule has 0 bridgehead atoms. The van der Waals surface area contributed by atoms with Gasteiger partial charge in [-0.05, 0) is 42.8 Å². The van der Waals surface area contributed by atoms with Crippen LogP contribution in [0.3, 0.4) is 0 Å². The van der Waals surface area contributed by atoms with Crippen LogP contribution >= 0.6 is 0 Å². The highest BCUT2D eigenvalue weighted by atomic mass is 19.1. The molecule has 2 aromatic carbocycles. The van der Waals surface area contributed by atoms with Crippen LogP contribution in [-0.4, -0.2) is 4.57 Å². The van der Waals surface area contributed by atoms with Gasteiger partial charge in [0.2, 0.25) is 0 Å². The third kappa shape index (κ3) is 2.17. The Kier molecular flexibility index (Phi) is 2.92. The SMILES string of the molecule is Cc1ccc(-c2ccccc2)n1-c1cccc(F)c1. The minimum atomic E-state index is -0.218. The van der Waals surface area contributed by atoms with Gasteiger partial charge in [0.1, 0.15) is 5.82 Å². The maximum absolute atomic E-state index is 13.4. The second kappa shape index (κ2) is 4.73. The summed E-state index contributed by atoms with van der Waals surface area (Å²) in [4.78, 5) is 0. The Morgan fingerprint density at radius 1 is 0.842 bits per heavy atom. The highest BCUT2D eigenvalue weighted by Gasteiger charge is 2.09. The van der Waals surface area contributed by atoms with Crippen molar-refractivity contribution in [3.05, 3.63) is 78.2 Å². The van der Waals surface area contributed by atoms with E-state index < -0.39 is 0 Å². The molecule has 19 heavy (non-hydrogen) atoms. The van der Waals surface area contributed by atoms with Crippen molar-refractivity contribution in [2.75, 3.05) is 0 Å². The maximum Gasteiger partial charge on any atom is 0.125 e. The number of aromatic nitrogens is 1. The van der Waals surface area contributed by atoms with Crippen LogP contribution in [0.2, 0.25) is 0 Å². The molecule has 0 aliphatic rings. The van der Waals surface area contributed by atoms with E-state index in [2.05, 4.69) is 22.8 Å². The van der Waals surface area contributed by atoms with Crippen molar-refractivity contribution in [2.24, 2.45) is 0 Å². The van der Waals surface area contributed by atoms with Crippen molar-refractivity contribution in [1.29, 1.82) is 0 Å². The topological polar surface area (TPSA) is 4.93 Å². The number of benzene rings is 2. The van der Waals surface area contributed by atoms with Crippen molar-refractivity contribution >= 4 is 0 Å². The number of aryl methyl sites for hydroxylation is 1. The van der Waals surface area contributed by atoms with Crippen molar-refractivity contribution < 1.29 is 4.39 Å². The van der Waals surface area contributed by atoms with E-state index in [0.29, 0.717) is 0 Å². The van der Waals surface area contributed by atoms with Crippen LogP contribution in [0, 0.1) is 12.7 Å². The summed E-state index contributed by atoms with van der Waals surface area (Å²) < 4.78 is 15.5. The lowest BCUT2D eigenvalue weighted by molar-refractivity contribution is 0.626. The predicted octanol–water partition coefficient (Wildman–Crippen LogP) is 4.59. The Morgan fingerprint density at radius 2 is 1.63 bits per heavy atom. The summed E-state index contributed by atoms with van der Waals surface area (Å²) in [6.07, 6.45) is 0. The number of rotatable bonds is 2. The molecule has 0 amide bonds. The van der Waals surface area contributed by atoms with Gasteiger partial charge in [-0.25, -0.2) is 4.39 Å². The third-order valence-corrected chi connectivity index (χ3v) is 3.21. The van der Waals surface area contributed by atoms with Crippen LogP contribution in [0.4, 0.5) is 4.39 Å². The Morgan fingerprint density at radius 3 is 2.37 bits per heavy atom. The smallest absolute Gasteiger partial charge is 0.125 e. The molecule has 2 heteroatoms. The number of hydrogen-bond acceptors (Lipinski definition) is 0. The average Bonchev–Trinajstić information content (AvgIpc) is 2.82. The van der Waals surface area contributed by atoms with Crippen molar-refractivity contribution in [3.8, 4) is 16.9 Å². The second-order valence-electron chi connectivity index (χ2n) is 4.54. The predicted molar refractivity (Wildman–Crippen MR) is 75.9 cm³/mol. The van der Waals surface area contributed by atoms with Crippen molar-refractivity contribution in [3.63, 3.8) is 0 Å². The quantitative estimate of drug-likeness (QED) is 0.627. The van der Waals surface area contributed by atoms with E-state index in [1.165, 1.54) is 6.07 Å². The summed E-state index contributed by atoms with van der Waals surface area (Å²) in [6, 6.07) is 20.9. The summed E-state index contributed by atoms with van der Waals surface area (Å²) in [5.74, 6) is -0.218. The lowest BCUT2D eigenvalue weighted by Gasteiger charge is -2.12. The Bertz CT molecular complexity index is 698. The summed E-state index contributed by atoms with van der Waals surface area (Å²) in [7, 11) is 0. The first-order chi connectivity index (χ1) is 9.25. The first-order valence-corrected chi connectivity index (χ1v) is 6.25. The zero-order chi connectivity index (χ0) is 13.2. The molecular formula is C17H14FN. The van der Waals surface area contributed by atoms with Crippen LogP contribution in [0.15, 0.2) is 66.7 Å². The fourth-order valence-corrected chi connectivity index (χ4v) is 2.33. The fraction of sp³-hybridized carbons (Fsp3) is 0.0588. The van der Waals surface area contributed by atoms with E-state index in [4.69, 9.17) is 0 Å². The normalized spacial score (nSPS) is 10.6. The Balaban J connectivity index is 2.20. The molecule has 0 saturated heterocycles. The summed E-state index contributed by atoms with van der Waals surface area (Å²) in [5.41, 5.74) is 4.13. The fourth-order valence-electron chi connectivity index (χ4n) is 2.33. The lowest BCUT2D eigenvalue weighted by atomic mass is 10.1. The number of halogens is 1. The molecule has 1 nitrogen and oxygen atoms in total. The summed E-state index contributed by atoms with van der Waals surface area (Å²) >= 11 is 0. The molecule has 94 valence electrons. The van der Waals surface area contributed by atoms with Crippen molar-refractivity contribution in [2.45, 2.75) is 6.92 Å². The Hall–Kier alpha value is -2.35. The molecule has 3 rings (SSSR count). The molecule has 1 aromatic heterocycles. The molecule has 0 fully saturated rings. The molecule has 0 radical (unpaired) electrons. The number of hydrogen-bond donors (Lipinski definition) is 0. The van der Waals surface area contributed by atoms with Gasteiger partial charge < -0.3 is 4.57 Å². The molecule has 0 unspecified atom stereocenters. The summed E-state index contributed by atoms with van der Waals surface area (Å²) in [6.45, 7) is 2.03. The van der Waals surface area contributed by atoms with Gasteiger partial charge in [0, 0.05) is 11.4 Å². The molecule has 0 spiro atoms. The van der Waals surface area contributed by atoms with Gasteiger partial charge in [-0.15, -0.1) is 0 Å². The van der Waals surface area contributed by atoms with Gasteiger partial charge in [0.15, 0.2) is 0 Å². The molecule has 0 aliphatic carbocycles. The number of nitrogens with zero attached hydrogens (tertiary/aromatic N) is 1. The van der Waals surface area contributed by atoms with Crippen LogP contribution in [-0.2, 0) is 0 Å². The standard InChI is InChI=1S/C17H14FN/c1-13-10-11-17(14-6-3-2-4-7-14)19(13)16-9-5-8-15(18)12-16/h2-12H,1H3.